The average molecular weight is 277 g/mol. The number of rotatable bonds is 6. The van der Waals surface area contributed by atoms with Gasteiger partial charge in [-0.25, -0.2) is 0 Å². The van der Waals surface area contributed by atoms with Gasteiger partial charge < -0.3 is 4.90 Å². The molecule has 0 amide bonds. The van der Waals surface area contributed by atoms with E-state index in [2.05, 4.69) is 37.1 Å². The number of nitrogens with one attached hydrogen (secondary N) is 1. The van der Waals surface area contributed by atoms with E-state index in [4.69, 9.17) is 0 Å². The van der Waals surface area contributed by atoms with Gasteiger partial charge in [0, 0.05) is 12.1 Å². The Hall–Kier alpha value is -0.590. The van der Waals surface area contributed by atoms with Gasteiger partial charge >= 0.3 is 0 Å². The van der Waals surface area contributed by atoms with Crippen LogP contribution in [0.25, 0.3) is 0 Å². The molecule has 0 bridgehead atoms. The summed E-state index contributed by atoms with van der Waals surface area (Å²) in [6, 6.07) is 3.82. The molecule has 114 valence electrons. The number of hydrogen-bond acceptors (Lipinski definition) is 3. The number of hydrogen-bond donors (Lipinski definition) is 1. The van der Waals surface area contributed by atoms with Crippen molar-refractivity contribution in [2.75, 3.05) is 13.1 Å². The van der Waals surface area contributed by atoms with Gasteiger partial charge in [0.2, 0.25) is 0 Å². The van der Waals surface area contributed by atoms with E-state index in [0.717, 1.165) is 12.5 Å². The summed E-state index contributed by atoms with van der Waals surface area (Å²) < 4.78 is 0. The van der Waals surface area contributed by atoms with Crippen LogP contribution in [0.3, 0.4) is 0 Å². The van der Waals surface area contributed by atoms with Crippen molar-refractivity contribution in [1.29, 1.82) is 5.26 Å². The van der Waals surface area contributed by atoms with Crippen LogP contribution in [-0.2, 0) is 0 Å². The van der Waals surface area contributed by atoms with E-state index in [1.165, 1.54) is 51.6 Å². The molecule has 0 spiro atoms. The van der Waals surface area contributed by atoms with Crippen LogP contribution in [0.5, 0.6) is 0 Å². The Bertz CT molecular complexity index is 347. The number of nitriles is 1. The van der Waals surface area contributed by atoms with Crippen LogP contribution in [0.2, 0.25) is 0 Å². The van der Waals surface area contributed by atoms with Crippen LogP contribution in [0.4, 0.5) is 0 Å². The molecule has 1 N–H and O–H groups in total. The summed E-state index contributed by atoms with van der Waals surface area (Å²) in [6.45, 7) is 9.07. The quantitative estimate of drug-likeness (QED) is 0.809. The van der Waals surface area contributed by atoms with Gasteiger partial charge in [0.05, 0.1) is 6.07 Å². The molecule has 2 aliphatic rings. The minimum absolute atomic E-state index is 0.254. The van der Waals surface area contributed by atoms with Crippen LogP contribution in [0.1, 0.15) is 65.7 Å². The third-order valence-corrected chi connectivity index (χ3v) is 5.30. The summed E-state index contributed by atoms with van der Waals surface area (Å²) in [7, 11) is 0. The summed E-state index contributed by atoms with van der Waals surface area (Å²) in [6.07, 6.45) is 8.64. The molecular formula is C17H31N3. The van der Waals surface area contributed by atoms with Crippen LogP contribution in [0.15, 0.2) is 0 Å². The van der Waals surface area contributed by atoms with Crippen LogP contribution in [-0.4, -0.2) is 35.6 Å². The minimum Gasteiger partial charge on any atom is -0.300 e. The first-order chi connectivity index (χ1) is 9.61. The van der Waals surface area contributed by atoms with Gasteiger partial charge in [-0.05, 0) is 71.4 Å². The molecule has 2 fully saturated rings. The Balaban J connectivity index is 1.92. The third-order valence-electron chi connectivity index (χ3n) is 5.30. The average Bonchev–Trinajstić information content (AvgIpc) is 3.02. The van der Waals surface area contributed by atoms with Crippen molar-refractivity contribution in [3.05, 3.63) is 0 Å². The zero-order valence-corrected chi connectivity index (χ0v) is 13.5. The van der Waals surface area contributed by atoms with E-state index >= 15 is 0 Å². The van der Waals surface area contributed by atoms with Crippen molar-refractivity contribution in [2.24, 2.45) is 5.92 Å². The van der Waals surface area contributed by atoms with Crippen LogP contribution < -0.4 is 5.32 Å². The molecule has 3 unspecified atom stereocenters. The molecule has 0 radical (unpaired) electrons. The Kier molecular flexibility index (Phi) is 5.46. The highest BCUT2D eigenvalue weighted by atomic mass is 15.2. The second-order valence-corrected chi connectivity index (χ2v) is 7.00. The Morgan fingerprint density at radius 3 is 2.80 bits per heavy atom. The van der Waals surface area contributed by atoms with Gasteiger partial charge in [-0.15, -0.1) is 0 Å². The summed E-state index contributed by atoms with van der Waals surface area (Å²) in [5.74, 6) is 0.535. The standard InChI is InChI=1S/C17H31N3/c1-4-16-8-6-11-20(16)12-9-15-7-5-10-17(15,13-18)19-14(2)3/h14-16,19H,4-12H2,1-3H3. The van der Waals surface area contributed by atoms with Crippen molar-refractivity contribution in [3.8, 4) is 6.07 Å². The summed E-state index contributed by atoms with van der Waals surface area (Å²) in [5.41, 5.74) is -0.254. The van der Waals surface area contributed by atoms with E-state index in [-0.39, 0.29) is 5.54 Å². The highest BCUT2D eigenvalue weighted by Crippen LogP contribution is 2.38. The van der Waals surface area contributed by atoms with Gasteiger partial charge in [0.25, 0.3) is 0 Å². The Morgan fingerprint density at radius 2 is 2.15 bits per heavy atom. The second-order valence-electron chi connectivity index (χ2n) is 7.00. The first-order valence-corrected chi connectivity index (χ1v) is 8.54. The van der Waals surface area contributed by atoms with Gasteiger partial charge in [-0.2, -0.15) is 5.26 Å². The van der Waals surface area contributed by atoms with Crippen LogP contribution >= 0.6 is 0 Å². The predicted octanol–water partition coefficient (Wildman–Crippen LogP) is 3.31. The van der Waals surface area contributed by atoms with Crippen molar-refractivity contribution in [2.45, 2.75) is 83.3 Å². The first-order valence-electron chi connectivity index (χ1n) is 8.54. The maximum atomic E-state index is 9.70. The second kappa shape index (κ2) is 6.91. The summed E-state index contributed by atoms with van der Waals surface area (Å²) in [4.78, 5) is 2.66. The molecule has 1 saturated carbocycles. The zero-order valence-electron chi connectivity index (χ0n) is 13.5. The first kappa shape index (κ1) is 15.8. The molecule has 1 aliphatic heterocycles. The molecule has 0 aromatic heterocycles. The normalized spacial score (nSPS) is 34.8. The maximum absolute atomic E-state index is 9.70. The Labute approximate surface area is 124 Å². The van der Waals surface area contributed by atoms with E-state index in [1.54, 1.807) is 0 Å². The topological polar surface area (TPSA) is 39.1 Å². The van der Waals surface area contributed by atoms with Gasteiger partial charge in [0.1, 0.15) is 5.54 Å². The summed E-state index contributed by atoms with van der Waals surface area (Å²) in [5, 5.41) is 13.3. The fourth-order valence-electron chi connectivity index (χ4n) is 4.33. The lowest BCUT2D eigenvalue weighted by molar-refractivity contribution is 0.203. The van der Waals surface area contributed by atoms with Crippen LogP contribution in [0, 0.1) is 17.2 Å². The molecule has 2 rings (SSSR count). The van der Waals surface area contributed by atoms with E-state index in [0.29, 0.717) is 12.0 Å². The molecule has 1 saturated heterocycles. The highest BCUT2D eigenvalue weighted by molar-refractivity contribution is 5.14. The molecular weight excluding hydrogens is 246 g/mol. The number of nitrogens with zero attached hydrogens (tertiary/aromatic N) is 2. The number of likely N-dealkylation sites (tertiary alicyclic amines) is 1. The van der Waals surface area contributed by atoms with E-state index in [1.807, 2.05) is 0 Å². The molecule has 20 heavy (non-hydrogen) atoms. The lowest BCUT2D eigenvalue weighted by Gasteiger charge is -2.33. The maximum Gasteiger partial charge on any atom is 0.109 e. The van der Waals surface area contributed by atoms with Gasteiger partial charge in [-0.1, -0.05) is 13.3 Å². The zero-order chi connectivity index (χ0) is 14.6. The SMILES string of the molecule is CCC1CCCN1CCC1CCCC1(C#N)NC(C)C. The molecule has 1 aliphatic carbocycles. The lowest BCUT2D eigenvalue weighted by atomic mass is 9.85. The smallest absolute Gasteiger partial charge is 0.109 e. The van der Waals surface area contributed by atoms with Crippen molar-refractivity contribution in [1.82, 2.24) is 10.2 Å². The third kappa shape index (κ3) is 3.35. The lowest BCUT2D eigenvalue weighted by Crippen LogP contribution is -2.50. The monoisotopic (exact) mass is 277 g/mol. The van der Waals surface area contributed by atoms with E-state index < -0.39 is 0 Å². The van der Waals surface area contributed by atoms with E-state index in [9.17, 15) is 5.26 Å². The fraction of sp³-hybridized carbons (Fsp3) is 0.941. The summed E-state index contributed by atoms with van der Waals surface area (Å²) >= 11 is 0. The molecule has 0 aromatic rings. The molecule has 3 atom stereocenters. The van der Waals surface area contributed by atoms with Crippen molar-refractivity contribution in [3.63, 3.8) is 0 Å². The molecule has 0 aromatic carbocycles. The van der Waals surface area contributed by atoms with Crippen molar-refractivity contribution >= 4 is 0 Å². The molecule has 3 heteroatoms. The van der Waals surface area contributed by atoms with Gasteiger partial charge in [-0.3, -0.25) is 5.32 Å². The predicted molar refractivity (Wildman–Crippen MR) is 83.5 cm³/mol. The van der Waals surface area contributed by atoms with Crippen molar-refractivity contribution < 1.29 is 0 Å². The molecule has 3 nitrogen and oxygen atoms in total. The van der Waals surface area contributed by atoms with Gasteiger partial charge in [0.15, 0.2) is 0 Å². The largest absolute Gasteiger partial charge is 0.300 e. The molecule has 1 heterocycles. The fourth-order valence-corrected chi connectivity index (χ4v) is 4.33. The Morgan fingerprint density at radius 1 is 1.35 bits per heavy atom. The highest BCUT2D eigenvalue weighted by Gasteiger charge is 2.43. The minimum atomic E-state index is -0.254.